The normalized spacial score (nSPS) is 21.6. The van der Waals surface area contributed by atoms with Crippen molar-refractivity contribution in [2.24, 2.45) is 0 Å². The molecule has 2 atom stereocenters. The maximum absolute atomic E-state index is 12.2. The van der Waals surface area contributed by atoms with Gasteiger partial charge in [0.25, 0.3) is 0 Å². The number of fused-ring (bicyclic) bond motifs is 1. The van der Waals surface area contributed by atoms with Gasteiger partial charge in [-0.05, 0) is 31.0 Å². The minimum atomic E-state index is -0.513. The first-order chi connectivity index (χ1) is 10.6. The van der Waals surface area contributed by atoms with Gasteiger partial charge in [0.1, 0.15) is 19.3 Å². The molecule has 3 rings (SSSR count). The van der Waals surface area contributed by atoms with Crippen LogP contribution in [0.25, 0.3) is 0 Å². The number of hydrogen-bond donors (Lipinski definition) is 0. The van der Waals surface area contributed by atoms with Gasteiger partial charge in [0.05, 0.1) is 13.2 Å². The predicted octanol–water partition coefficient (Wildman–Crippen LogP) is 1.68. The minimum Gasteiger partial charge on any atom is -0.486 e. The fourth-order valence-electron chi connectivity index (χ4n) is 3.04. The summed E-state index contributed by atoms with van der Waals surface area (Å²) in [5.74, 6) is 0.990. The molecular weight excluding hydrogens is 286 g/mol. The van der Waals surface area contributed by atoms with Crippen molar-refractivity contribution in [1.29, 1.82) is 0 Å². The van der Waals surface area contributed by atoms with Gasteiger partial charge in [-0.3, -0.25) is 4.79 Å². The molecule has 22 heavy (non-hydrogen) atoms. The number of nitrogens with zero attached hydrogens (tertiary/aromatic N) is 1. The summed E-state index contributed by atoms with van der Waals surface area (Å²) in [6.45, 7) is 2.96. The lowest BCUT2D eigenvalue weighted by Gasteiger charge is -2.30. The first kappa shape index (κ1) is 14.7. The average Bonchev–Trinajstić information content (AvgIpc) is 2.94. The van der Waals surface area contributed by atoms with E-state index in [1.165, 1.54) is 7.11 Å². The Hall–Kier alpha value is -2.24. The summed E-state index contributed by atoms with van der Waals surface area (Å²) in [6, 6.07) is 4.88. The number of rotatable bonds is 3. The van der Waals surface area contributed by atoms with Gasteiger partial charge < -0.3 is 19.1 Å². The smallest absolute Gasteiger partial charge is 0.328 e. The standard InChI is InChI=1S/C16H19NO5/c1-10(17-12(16(19)20-2)4-6-15(17)18)11-3-5-13-14(9-11)22-8-7-21-13/h3,5,9-10,12H,4,6-8H2,1-2H3. The second-order valence-corrected chi connectivity index (χ2v) is 5.46. The average molecular weight is 305 g/mol. The van der Waals surface area contributed by atoms with Crippen LogP contribution in [0.4, 0.5) is 0 Å². The molecule has 6 heteroatoms. The van der Waals surface area contributed by atoms with Crippen LogP contribution in [0.3, 0.4) is 0 Å². The van der Waals surface area contributed by atoms with Crippen molar-refractivity contribution in [3.8, 4) is 11.5 Å². The van der Waals surface area contributed by atoms with Gasteiger partial charge in [-0.2, -0.15) is 0 Å². The van der Waals surface area contributed by atoms with E-state index in [9.17, 15) is 9.59 Å². The van der Waals surface area contributed by atoms with E-state index >= 15 is 0 Å². The van der Waals surface area contributed by atoms with Crippen molar-refractivity contribution in [1.82, 2.24) is 4.90 Å². The molecule has 0 aromatic heterocycles. The Kier molecular flexibility index (Phi) is 3.92. The number of hydrogen-bond acceptors (Lipinski definition) is 5. The lowest BCUT2D eigenvalue weighted by atomic mass is 10.0. The Labute approximate surface area is 128 Å². The van der Waals surface area contributed by atoms with E-state index in [1.54, 1.807) is 4.90 Å². The van der Waals surface area contributed by atoms with Gasteiger partial charge >= 0.3 is 5.97 Å². The molecule has 6 nitrogen and oxygen atoms in total. The van der Waals surface area contributed by atoms with Gasteiger partial charge in [0.2, 0.25) is 5.91 Å². The lowest BCUT2D eigenvalue weighted by Crippen LogP contribution is -2.40. The zero-order valence-corrected chi connectivity index (χ0v) is 12.7. The molecule has 1 fully saturated rings. The molecule has 2 aliphatic heterocycles. The second kappa shape index (κ2) is 5.87. The molecule has 0 radical (unpaired) electrons. The van der Waals surface area contributed by atoms with Gasteiger partial charge in [0, 0.05) is 6.42 Å². The highest BCUT2D eigenvalue weighted by atomic mass is 16.6. The van der Waals surface area contributed by atoms with Crippen molar-refractivity contribution in [3.05, 3.63) is 23.8 Å². The van der Waals surface area contributed by atoms with Crippen LogP contribution >= 0.6 is 0 Å². The fourth-order valence-corrected chi connectivity index (χ4v) is 3.04. The van der Waals surface area contributed by atoms with Crippen LogP contribution in [0.15, 0.2) is 18.2 Å². The topological polar surface area (TPSA) is 65.1 Å². The third-order valence-electron chi connectivity index (χ3n) is 4.19. The molecule has 2 unspecified atom stereocenters. The van der Waals surface area contributed by atoms with E-state index < -0.39 is 6.04 Å². The second-order valence-electron chi connectivity index (χ2n) is 5.46. The quantitative estimate of drug-likeness (QED) is 0.795. The summed E-state index contributed by atoms with van der Waals surface area (Å²) in [4.78, 5) is 25.7. The van der Waals surface area contributed by atoms with Gasteiger partial charge in [-0.25, -0.2) is 4.79 Å². The van der Waals surface area contributed by atoms with Crippen molar-refractivity contribution < 1.29 is 23.8 Å². The monoisotopic (exact) mass is 305 g/mol. The molecule has 1 amide bonds. The number of carbonyl (C=O) groups is 2. The first-order valence-corrected chi connectivity index (χ1v) is 7.40. The number of carbonyl (C=O) groups excluding carboxylic acids is 2. The summed E-state index contributed by atoms with van der Waals surface area (Å²) >= 11 is 0. The third-order valence-corrected chi connectivity index (χ3v) is 4.19. The minimum absolute atomic E-state index is 0.0298. The van der Waals surface area contributed by atoms with Gasteiger partial charge in [-0.1, -0.05) is 6.07 Å². The molecule has 1 aromatic carbocycles. The Morgan fingerprint density at radius 3 is 2.77 bits per heavy atom. The molecule has 1 saturated heterocycles. The number of ether oxygens (including phenoxy) is 3. The maximum Gasteiger partial charge on any atom is 0.328 e. The summed E-state index contributed by atoms with van der Waals surface area (Å²) in [6.07, 6.45) is 0.870. The number of amides is 1. The van der Waals surface area contributed by atoms with Crippen molar-refractivity contribution in [3.63, 3.8) is 0 Å². The maximum atomic E-state index is 12.2. The number of esters is 1. The van der Waals surface area contributed by atoms with E-state index in [-0.39, 0.29) is 17.9 Å². The SMILES string of the molecule is COC(=O)C1CCC(=O)N1C(C)c1ccc2c(c1)OCCO2. The first-order valence-electron chi connectivity index (χ1n) is 7.40. The van der Waals surface area contributed by atoms with E-state index in [4.69, 9.17) is 14.2 Å². The summed E-state index contributed by atoms with van der Waals surface area (Å²) in [5.41, 5.74) is 0.911. The Bertz CT molecular complexity index is 600. The molecule has 2 heterocycles. The zero-order valence-electron chi connectivity index (χ0n) is 12.7. The van der Waals surface area contributed by atoms with Crippen LogP contribution in [-0.4, -0.2) is 43.1 Å². The van der Waals surface area contributed by atoms with Crippen LogP contribution < -0.4 is 9.47 Å². The highest BCUT2D eigenvalue weighted by Crippen LogP contribution is 2.36. The zero-order chi connectivity index (χ0) is 15.7. The van der Waals surface area contributed by atoms with E-state index in [0.29, 0.717) is 37.6 Å². The molecule has 118 valence electrons. The van der Waals surface area contributed by atoms with Crippen LogP contribution in [0.5, 0.6) is 11.5 Å². The highest BCUT2D eigenvalue weighted by molar-refractivity contribution is 5.88. The Morgan fingerprint density at radius 2 is 2.05 bits per heavy atom. The largest absolute Gasteiger partial charge is 0.486 e. The van der Waals surface area contributed by atoms with E-state index in [1.807, 2.05) is 25.1 Å². The highest BCUT2D eigenvalue weighted by Gasteiger charge is 2.40. The van der Waals surface area contributed by atoms with Crippen molar-refractivity contribution >= 4 is 11.9 Å². The van der Waals surface area contributed by atoms with E-state index in [0.717, 1.165) is 5.56 Å². The molecule has 0 spiro atoms. The van der Waals surface area contributed by atoms with Crippen LogP contribution in [0.2, 0.25) is 0 Å². The number of methoxy groups -OCH3 is 1. The fraction of sp³-hybridized carbons (Fsp3) is 0.500. The van der Waals surface area contributed by atoms with Crippen LogP contribution in [0, 0.1) is 0 Å². The van der Waals surface area contributed by atoms with Crippen molar-refractivity contribution in [2.75, 3.05) is 20.3 Å². The number of likely N-dealkylation sites (tertiary alicyclic amines) is 1. The Balaban J connectivity index is 1.87. The molecule has 0 aliphatic carbocycles. The predicted molar refractivity (Wildman–Crippen MR) is 77.7 cm³/mol. The third kappa shape index (κ3) is 2.49. The van der Waals surface area contributed by atoms with E-state index in [2.05, 4.69) is 0 Å². The molecule has 1 aromatic rings. The van der Waals surface area contributed by atoms with Gasteiger partial charge in [-0.15, -0.1) is 0 Å². The molecule has 2 aliphatic rings. The van der Waals surface area contributed by atoms with Crippen LogP contribution in [0.1, 0.15) is 31.4 Å². The van der Waals surface area contributed by atoms with Gasteiger partial charge in [0.15, 0.2) is 11.5 Å². The Morgan fingerprint density at radius 1 is 1.32 bits per heavy atom. The molecular formula is C16H19NO5. The van der Waals surface area contributed by atoms with Crippen molar-refractivity contribution in [2.45, 2.75) is 31.8 Å². The summed E-state index contributed by atoms with van der Waals surface area (Å²) in [7, 11) is 1.35. The molecule has 0 saturated carbocycles. The summed E-state index contributed by atoms with van der Waals surface area (Å²) < 4.78 is 15.9. The number of benzene rings is 1. The summed E-state index contributed by atoms with van der Waals surface area (Å²) in [5, 5.41) is 0. The lowest BCUT2D eigenvalue weighted by molar-refractivity contribution is -0.150. The van der Waals surface area contributed by atoms with Crippen LogP contribution in [-0.2, 0) is 14.3 Å². The molecule has 0 bridgehead atoms. The molecule has 0 N–H and O–H groups in total.